The Labute approximate surface area is 91.1 Å². The SMILES string of the molecule is O=C(O)c1ncc(C(F)F)c(F)c1CBr. The molecule has 0 fully saturated rings. The van der Waals surface area contributed by atoms with Crippen LogP contribution in [-0.4, -0.2) is 16.1 Å². The van der Waals surface area contributed by atoms with Gasteiger partial charge in [-0.25, -0.2) is 22.9 Å². The Balaban J connectivity index is 3.39. The third-order valence-corrected chi connectivity index (χ3v) is 2.27. The number of alkyl halides is 3. The van der Waals surface area contributed by atoms with Gasteiger partial charge < -0.3 is 5.11 Å². The molecule has 0 saturated carbocycles. The van der Waals surface area contributed by atoms with Gasteiger partial charge in [0.15, 0.2) is 5.69 Å². The first-order valence-electron chi connectivity index (χ1n) is 3.73. The maximum atomic E-state index is 13.3. The molecule has 0 amide bonds. The van der Waals surface area contributed by atoms with E-state index in [4.69, 9.17) is 5.11 Å². The lowest BCUT2D eigenvalue weighted by molar-refractivity contribution is 0.0687. The molecule has 82 valence electrons. The van der Waals surface area contributed by atoms with Crippen LogP contribution in [-0.2, 0) is 5.33 Å². The predicted octanol–water partition coefficient (Wildman–Crippen LogP) is 2.75. The first-order chi connectivity index (χ1) is 6.99. The molecule has 0 aliphatic carbocycles. The highest BCUT2D eigenvalue weighted by atomic mass is 79.9. The molecule has 1 aromatic heterocycles. The highest BCUT2D eigenvalue weighted by Gasteiger charge is 2.22. The van der Waals surface area contributed by atoms with Gasteiger partial charge in [-0.05, 0) is 0 Å². The van der Waals surface area contributed by atoms with Gasteiger partial charge in [-0.15, -0.1) is 0 Å². The monoisotopic (exact) mass is 283 g/mol. The molecule has 0 bridgehead atoms. The normalized spacial score (nSPS) is 10.7. The van der Waals surface area contributed by atoms with Crippen LogP contribution in [0.15, 0.2) is 6.20 Å². The van der Waals surface area contributed by atoms with Crippen molar-refractivity contribution in [3.05, 3.63) is 28.8 Å². The summed E-state index contributed by atoms with van der Waals surface area (Å²) >= 11 is 2.82. The van der Waals surface area contributed by atoms with Gasteiger partial charge in [0.2, 0.25) is 0 Å². The van der Waals surface area contributed by atoms with E-state index in [1.807, 2.05) is 0 Å². The van der Waals surface area contributed by atoms with Gasteiger partial charge in [0.05, 0.1) is 5.56 Å². The first kappa shape index (κ1) is 12.0. The van der Waals surface area contributed by atoms with Crippen molar-refractivity contribution in [3.63, 3.8) is 0 Å². The molecule has 0 saturated heterocycles. The fraction of sp³-hybridized carbons (Fsp3) is 0.250. The summed E-state index contributed by atoms with van der Waals surface area (Å²) in [6.07, 6.45) is -2.48. The predicted molar refractivity (Wildman–Crippen MR) is 48.7 cm³/mol. The van der Waals surface area contributed by atoms with Crippen LogP contribution < -0.4 is 0 Å². The molecule has 0 atom stereocenters. The van der Waals surface area contributed by atoms with Crippen LogP contribution in [0, 0.1) is 5.82 Å². The number of carboxylic acids is 1. The average Bonchev–Trinajstić information content (AvgIpc) is 2.16. The van der Waals surface area contributed by atoms with E-state index < -0.39 is 29.5 Å². The molecule has 0 unspecified atom stereocenters. The average molecular weight is 284 g/mol. The number of carbonyl (C=O) groups is 1. The summed E-state index contributed by atoms with van der Waals surface area (Å²) in [7, 11) is 0. The third-order valence-electron chi connectivity index (χ3n) is 1.71. The number of pyridine rings is 1. The standard InChI is InChI=1S/C8H5BrF3NO2/c9-1-3-5(10)4(7(11)12)2-13-6(3)8(14)15/h2,7H,1H2,(H,14,15). The molecule has 1 aromatic rings. The maximum absolute atomic E-state index is 13.3. The van der Waals surface area contributed by atoms with Crippen LogP contribution in [0.4, 0.5) is 13.2 Å². The van der Waals surface area contributed by atoms with Gasteiger partial charge in [-0.2, -0.15) is 0 Å². The van der Waals surface area contributed by atoms with E-state index in [2.05, 4.69) is 20.9 Å². The minimum Gasteiger partial charge on any atom is -0.477 e. The van der Waals surface area contributed by atoms with Gasteiger partial charge in [0.25, 0.3) is 6.43 Å². The molecule has 0 aromatic carbocycles. The Morgan fingerprint density at radius 2 is 2.20 bits per heavy atom. The van der Waals surface area contributed by atoms with Crippen molar-refractivity contribution in [1.29, 1.82) is 0 Å². The molecule has 3 nitrogen and oxygen atoms in total. The first-order valence-corrected chi connectivity index (χ1v) is 4.85. The van der Waals surface area contributed by atoms with Gasteiger partial charge in [0, 0.05) is 17.1 Å². The van der Waals surface area contributed by atoms with Crippen molar-refractivity contribution in [2.24, 2.45) is 0 Å². The summed E-state index contributed by atoms with van der Waals surface area (Å²) in [6.45, 7) is 0. The highest BCUT2D eigenvalue weighted by molar-refractivity contribution is 9.08. The Bertz CT molecular complexity index is 398. The van der Waals surface area contributed by atoms with Crippen molar-refractivity contribution >= 4 is 21.9 Å². The molecule has 15 heavy (non-hydrogen) atoms. The number of hydrogen-bond donors (Lipinski definition) is 1. The Kier molecular flexibility index (Phi) is 3.67. The van der Waals surface area contributed by atoms with E-state index in [0.717, 1.165) is 0 Å². The zero-order chi connectivity index (χ0) is 11.6. The quantitative estimate of drug-likeness (QED) is 0.868. The van der Waals surface area contributed by atoms with E-state index >= 15 is 0 Å². The van der Waals surface area contributed by atoms with Crippen molar-refractivity contribution < 1.29 is 23.1 Å². The van der Waals surface area contributed by atoms with Crippen LogP contribution in [0.1, 0.15) is 28.0 Å². The second-order valence-electron chi connectivity index (χ2n) is 2.59. The fourth-order valence-electron chi connectivity index (χ4n) is 1.01. The molecule has 0 aliphatic heterocycles. The molecule has 7 heteroatoms. The van der Waals surface area contributed by atoms with Gasteiger partial charge in [0.1, 0.15) is 5.82 Å². The summed E-state index contributed by atoms with van der Waals surface area (Å²) < 4.78 is 37.8. The minimum atomic E-state index is -3.02. The molecule has 1 N–H and O–H groups in total. The number of rotatable bonds is 3. The molecule has 0 radical (unpaired) electrons. The Morgan fingerprint density at radius 1 is 1.60 bits per heavy atom. The van der Waals surface area contributed by atoms with Crippen LogP contribution in [0.3, 0.4) is 0 Å². The van der Waals surface area contributed by atoms with E-state index in [-0.39, 0.29) is 10.9 Å². The summed E-state index contributed by atoms with van der Waals surface area (Å²) in [5.74, 6) is -2.68. The number of nitrogens with zero attached hydrogens (tertiary/aromatic N) is 1. The van der Waals surface area contributed by atoms with Crippen molar-refractivity contribution in [1.82, 2.24) is 4.98 Å². The lowest BCUT2D eigenvalue weighted by Crippen LogP contribution is -2.09. The lowest BCUT2D eigenvalue weighted by Gasteiger charge is -2.07. The smallest absolute Gasteiger partial charge is 0.354 e. The van der Waals surface area contributed by atoms with E-state index in [1.54, 1.807) is 0 Å². The maximum Gasteiger partial charge on any atom is 0.354 e. The zero-order valence-electron chi connectivity index (χ0n) is 7.18. The largest absolute Gasteiger partial charge is 0.477 e. The molecule has 1 rings (SSSR count). The number of aromatic nitrogens is 1. The number of hydrogen-bond acceptors (Lipinski definition) is 2. The minimum absolute atomic E-state index is 0.186. The highest BCUT2D eigenvalue weighted by Crippen LogP contribution is 2.26. The van der Waals surface area contributed by atoms with E-state index in [9.17, 15) is 18.0 Å². The van der Waals surface area contributed by atoms with Crippen molar-refractivity contribution in [2.45, 2.75) is 11.8 Å². The molecular weight excluding hydrogens is 279 g/mol. The van der Waals surface area contributed by atoms with Crippen LogP contribution in [0.25, 0.3) is 0 Å². The summed E-state index contributed by atoms with van der Waals surface area (Å²) in [5, 5.41) is 8.43. The van der Waals surface area contributed by atoms with Crippen LogP contribution >= 0.6 is 15.9 Å². The van der Waals surface area contributed by atoms with Gasteiger partial charge >= 0.3 is 5.97 Å². The topological polar surface area (TPSA) is 50.2 Å². The van der Waals surface area contributed by atoms with Crippen molar-refractivity contribution in [2.75, 3.05) is 0 Å². The second kappa shape index (κ2) is 4.61. The van der Waals surface area contributed by atoms with Crippen LogP contribution in [0.5, 0.6) is 0 Å². The molecule has 0 spiro atoms. The van der Waals surface area contributed by atoms with E-state index in [1.165, 1.54) is 0 Å². The van der Waals surface area contributed by atoms with Crippen molar-refractivity contribution in [3.8, 4) is 0 Å². The van der Waals surface area contributed by atoms with Crippen LogP contribution in [0.2, 0.25) is 0 Å². The number of aromatic carboxylic acids is 1. The molecule has 0 aliphatic rings. The summed E-state index contributed by atoms with van der Waals surface area (Å²) in [6, 6.07) is 0. The fourth-order valence-corrected chi connectivity index (χ4v) is 1.52. The van der Waals surface area contributed by atoms with Gasteiger partial charge in [-0.3, -0.25) is 0 Å². The Morgan fingerprint density at radius 3 is 2.60 bits per heavy atom. The van der Waals surface area contributed by atoms with E-state index in [0.29, 0.717) is 6.20 Å². The Hall–Kier alpha value is -1.11. The lowest BCUT2D eigenvalue weighted by atomic mass is 10.1. The second-order valence-corrected chi connectivity index (χ2v) is 3.15. The molecule has 1 heterocycles. The molecular formula is C8H5BrF3NO2. The third kappa shape index (κ3) is 2.28. The number of carboxylic acid groups (broad SMARTS) is 1. The van der Waals surface area contributed by atoms with Gasteiger partial charge in [-0.1, -0.05) is 15.9 Å². The number of halogens is 4. The summed E-state index contributed by atoms with van der Waals surface area (Å²) in [5.41, 5.74) is -1.83. The zero-order valence-corrected chi connectivity index (χ0v) is 8.76. The summed E-state index contributed by atoms with van der Waals surface area (Å²) in [4.78, 5) is 13.9.